The van der Waals surface area contributed by atoms with Gasteiger partial charge in [0.2, 0.25) is 0 Å². The minimum atomic E-state index is 0.583. The fraction of sp³-hybridized carbons (Fsp3) is 0.667. The third-order valence-electron chi connectivity index (χ3n) is 3.74. The molecule has 0 fully saturated rings. The monoisotopic (exact) mass is 292 g/mol. The Kier molecular flexibility index (Phi) is 8.40. The van der Waals surface area contributed by atoms with Crippen LogP contribution in [0.3, 0.4) is 0 Å². The number of nitrogens with one attached hydrogen (secondary N) is 1. The Morgan fingerprint density at radius 2 is 2.00 bits per heavy atom. The zero-order valence-corrected chi connectivity index (χ0v) is 14.4. The van der Waals surface area contributed by atoms with E-state index in [2.05, 4.69) is 56.2 Å². The lowest BCUT2D eigenvalue weighted by Gasteiger charge is -2.28. The van der Waals surface area contributed by atoms with Gasteiger partial charge in [0.25, 0.3) is 0 Å². The number of ether oxygens (including phenoxy) is 1. The van der Waals surface area contributed by atoms with Gasteiger partial charge in [-0.15, -0.1) is 0 Å². The predicted molar refractivity (Wildman–Crippen MR) is 90.9 cm³/mol. The van der Waals surface area contributed by atoms with Crippen LogP contribution in [0, 0.1) is 5.92 Å². The van der Waals surface area contributed by atoms with Gasteiger partial charge in [-0.1, -0.05) is 39.3 Å². The van der Waals surface area contributed by atoms with Crippen molar-refractivity contribution in [1.29, 1.82) is 0 Å². The van der Waals surface area contributed by atoms with Gasteiger partial charge in [-0.3, -0.25) is 4.90 Å². The van der Waals surface area contributed by atoms with Gasteiger partial charge in [0.05, 0.1) is 7.11 Å². The van der Waals surface area contributed by atoms with Gasteiger partial charge < -0.3 is 10.1 Å². The van der Waals surface area contributed by atoms with Gasteiger partial charge in [-0.25, -0.2) is 0 Å². The van der Waals surface area contributed by atoms with Crippen molar-refractivity contribution in [2.45, 2.75) is 46.2 Å². The second-order valence-electron chi connectivity index (χ2n) is 6.26. The van der Waals surface area contributed by atoms with Crippen LogP contribution in [0.25, 0.3) is 0 Å². The van der Waals surface area contributed by atoms with Gasteiger partial charge in [0.15, 0.2) is 0 Å². The Labute approximate surface area is 130 Å². The molecule has 0 radical (unpaired) electrons. The fourth-order valence-corrected chi connectivity index (χ4v) is 2.54. The molecule has 1 aromatic rings. The zero-order valence-electron chi connectivity index (χ0n) is 14.4. The molecule has 3 nitrogen and oxygen atoms in total. The highest BCUT2D eigenvalue weighted by atomic mass is 16.5. The second-order valence-corrected chi connectivity index (χ2v) is 6.26. The van der Waals surface area contributed by atoms with E-state index in [1.165, 1.54) is 18.4 Å². The van der Waals surface area contributed by atoms with Crippen LogP contribution >= 0.6 is 0 Å². The van der Waals surface area contributed by atoms with Crippen molar-refractivity contribution in [2.24, 2.45) is 5.92 Å². The smallest absolute Gasteiger partial charge is 0.119 e. The predicted octanol–water partition coefficient (Wildman–Crippen LogP) is 3.54. The molecule has 0 heterocycles. The summed E-state index contributed by atoms with van der Waals surface area (Å²) in [6.45, 7) is 9.88. The van der Waals surface area contributed by atoms with Crippen molar-refractivity contribution >= 4 is 0 Å². The van der Waals surface area contributed by atoms with E-state index >= 15 is 0 Å². The molecule has 3 heteroatoms. The molecule has 0 spiro atoms. The van der Waals surface area contributed by atoms with Crippen molar-refractivity contribution in [2.75, 3.05) is 27.2 Å². The van der Waals surface area contributed by atoms with Crippen molar-refractivity contribution in [3.8, 4) is 5.75 Å². The Morgan fingerprint density at radius 3 is 2.62 bits per heavy atom. The van der Waals surface area contributed by atoms with Crippen molar-refractivity contribution in [3.63, 3.8) is 0 Å². The summed E-state index contributed by atoms with van der Waals surface area (Å²) in [5, 5.41) is 3.59. The SMILES string of the molecule is CCCC(CNCC(C)C)N(C)Cc1cccc(OC)c1. The maximum atomic E-state index is 5.30. The summed E-state index contributed by atoms with van der Waals surface area (Å²) in [5.41, 5.74) is 1.31. The first-order valence-corrected chi connectivity index (χ1v) is 8.10. The van der Waals surface area contributed by atoms with E-state index in [-0.39, 0.29) is 0 Å². The number of nitrogens with zero attached hydrogens (tertiary/aromatic N) is 1. The maximum absolute atomic E-state index is 5.30. The number of rotatable bonds is 10. The first-order valence-electron chi connectivity index (χ1n) is 8.10. The Morgan fingerprint density at radius 1 is 1.24 bits per heavy atom. The van der Waals surface area contributed by atoms with Gasteiger partial charge >= 0.3 is 0 Å². The first kappa shape index (κ1) is 18.0. The molecule has 21 heavy (non-hydrogen) atoms. The number of benzene rings is 1. The van der Waals surface area contributed by atoms with Crippen molar-refractivity contribution in [1.82, 2.24) is 10.2 Å². The summed E-state index contributed by atoms with van der Waals surface area (Å²) >= 11 is 0. The molecule has 0 aromatic heterocycles. The molecule has 0 saturated carbocycles. The van der Waals surface area contributed by atoms with E-state index in [9.17, 15) is 0 Å². The molecule has 1 unspecified atom stereocenters. The Balaban J connectivity index is 2.56. The number of likely N-dealkylation sites (N-methyl/N-ethyl adjacent to an activating group) is 1. The lowest BCUT2D eigenvalue weighted by atomic mass is 10.1. The molecule has 1 N–H and O–H groups in total. The van der Waals surface area contributed by atoms with Crippen molar-refractivity contribution < 1.29 is 4.74 Å². The average Bonchev–Trinajstić information content (AvgIpc) is 2.46. The van der Waals surface area contributed by atoms with Crippen LogP contribution in [-0.4, -0.2) is 38.2 Å². The van der Waals surface area contributed by atoms with E-state index < -0.39 is 0 Å². The number of methoxy groups -OCH3 is 1. The lowest BCUT2D eigenvalue weighted by molar-refractivity contribution is 0.213. The average molecular weight is 292 g/mol. The molecule has 0 aliphatic carbocycles. The van der Waals surface area contributed by atoms with E-state index in [1.807, 2.05) is 6.07 Å². The highest BCUT2D eigenvalue weighted by molar-refractivity contribution is 5.28. The van der Waals surface area contributed by atoms with Gasteiger partial charge in [0.1, 0.15) is 5.75 Å². The summed E-state index contributed by atoms with van der Waals surface area (Å²) in [6.07, 6.45) is 2.45. The normalized spacial score (nSPS) is 12.9. The summed E-state index contributed by atoms with van der Waals surface area (Å²) in [6, 6.07) is 8.94. The Hall–Kier alpha value is -1.06. The third kappa shape index (κ3) is 6.96. The fourth-order valence-electron chi connectivity index (χ4n) is 2.54. The molecule has 1 atom stereocenters. The summed E-state index contributed by atoms with van der Waals surface area (Å²) in [4.78, 5) is 2.45. The Bertz CT molecular complexity index is 393. The largest absolute Gasteiger partial charge is 0.497 e. The second kappa shape index (κ2) is 9.80. The maximum Gasteiger partial charge on any atom is 0.119 e. The molecular formula is C18H32N2O. The van der Waals surface area contributed by atoms with E-state index in [4.69, 9.17) is 4.74 Å². The molecule has 0 aliphatic rings. The zero-order chi connectivity index (χ0) is 15.7. The van der Waals surface area contributed by atoms with Crippen LogP contribution in [0.5, 0.6) is 5.75 Å². The minimum absolute atomic E-state index is 0.583. The molecule has 0 saturated heterocycles. The van der Waals surface area contributed by atoms with Crippen LogP contribution in [0.2, 0.25) is 0 Å². The standard InChI is InChI=1S/C18H32N2O/c1-6-8-17(13-19-12-15(2)3)20(4)14-16-9-7-10-18(11-16)21-5/h7,9-11,15,17,19H,6,8,12-14H2,1-5H3. The van der Waals surface area contributed by atoms with E-state index in [0.717, 1.165) is 25.4 Å². The molecule has 0 amide bonds. The third-order valence-corrected chi connectivity index (χ3v) is 3.74. The topological polar surface area (TPSA) is 24.5 Å². The molecule has 1 rings (SSSR count). The molecule has 0 bridgehead atoms. The molecule has 120 valence electrons. The van der Waals surface area contributed by atoms with Crippen LogP contribution in [0.4, 0.5) is 0 Å². The lowest BCUT2D eigenvalue weighted by Crippen LogP contribution is -2.40. The van der Waals surface area contributed by atoms with Crippen LogP contribution < -0.4 is 10.1 Å². The highest BCUT2D eigenvalue weighted by Gasteiger charge is 2.14. The summed E-state index contributed by atoms with van der Waals surface area (Å²) in [7, 11) is 3.94. The van der Waals surface area contributed by atoms with Crippen LogP contribution in [-0.2, 0) is 6.54 Å². The molecule has 1 aromatic carbocycles. The van der Waals surface area contributed by atoms with E-state index in [0.29, 0.717) is 12.0 Å². The van der Waals surface area contributed by atoms with Gasteiger partial charge in [-0.2, -0.15) is 0 Å². The van der Waals surface area contributed by atoms with Gasteiger partial charge in [-0.05, 0) is 43.6 Å². The number of hydrogen-bond donors (Lipinski definition) is 1. The van der Waals surface area contributed by atoms with Gasteiger partial charge in [0, 0.05) is 19.1 Å². The quantitative estimate of drug-likeness (QED) is 0.714. The van der Waals surface area contributed by atoms with Crippen LogP contribution in [0.15, 0.2) is 24.3 Å². The first-order chi connectivity index (χ1) is 10.1. The van der Waals surface area contributed by atoms with Crippen LogP contribution in [0.1, 0.15) is 39.2 Å². The molecular weight excluding hydrogens is 260 g/mol. The minimum Gasteiger partial charge on any atom is -0.497 e. The summed E-state index contributed by atoms with van der Waals surface area (Å²) in [5.74, 6) is 1.64. The molecule has 0 aliphatic heterocycles. The van der Waals surface area contributed by atoms with E-state index in [1.54, 1.807) is 7.11 Å². The summed E-state index contributed by atoms with van der Waals surface area (Å²) < 4.78 is 5.30. The van der Waals surface area contributed by atoms with Crippen molar-refractivity contribution in [3.05, 3.63) is 29.8 Å². The number of hydrogen-bond acceptors (Lipinski definition) is 3. The highest BCUT2D eigenvalue weighted by Crippen LogP contribution is 2.16.